The molecule has 1 N–H and O–H groups in total. The summed E-state index contributed by atoms with van der Waals surface area (Å²) in [5.41, 5.74) is 3.71. The number of aliphatic hydroxyl groups excluding tert-OH is 1. The van der Waals surface area contributed by atoms with Crippen LogP contribution in [0, 0.1) is 5.82 Å². The summed E-state index contributed by atoms with van der Waals surface area (Å²) >= 11 is 0. The quantitative estimate of drug-likeness (QED) is 0.240. The van der Waals surface area contributed by atoms with Crippen molar-refractivity contribution in [2.45, 2.75) is 51.5 Å². The lowest BCUT2D eigenvalue weighted by Crippen LogP contribution is -2.36. The van der Waals surface area contributed by atoms with Crippen molar-refractivity contribution in [1.29, 1.82) is 0 Å². The predicted octanol–water partition coefficient (Wildman–Crippen LogP) is 5.91. The molecule has 0 unspecified atom stereocenters. The number of ether oxygens (including phenoxy) is 2. The average Bonchev–Trinajstić information content (AvgIpc) is 3.74. The van der Waals surface area contributed by atoms with Crippen molar-refractivity contribution in [1.82, 2.24) is 14.7 Å². The van der Waals surface area contributed by atoms with Gasteiger partial charge < -0.3 is 14.6 Å². The van der Waals surface area contributed by atoms with Gasteiger partial charge in [0.15, 0.2) is 11.6 Å². The highest BCUT2D eigenvalue weighted by atomic mass is 19.1. The number of rotatable bonds is 13. The number of aliphatic hydroxyl groups is 1. The van der Waals surface area contributed by atoms with Gasteiger partial charge >= 0.3 is 0 Å². The van der Waals surface area contributed by atoms with Crippen LogP contribution in [0.15, 0.2) is 84.9 Å². The van der Waals surface area contributed by atoms with Crippen molar-refractivity contribution in [3.8, 4) is 17.3 Å². The van der Waals surface area contributed by atoms with Gasteiger partial charge in [-0.3, -0.25) is 4.90 Å². The molecular weight excluding hydrogens is 481 g/mol. The van der Waals surface area contributed by atoms with E-state index < -0.39 is 11.9 Å². The number of hydrogen-bond acceptors (Lipinski definition) is 5. The topological polar surface area (TPSA) is 59.8 Å². The van der Waals surface area contributed by atoms with Crippen LogP contribution in [-0.4, -0.2) is 45.1 Å². The molecule has 1 aliphatic carbocycles. The molecule has 38 heavy (non-hydrogen) atoms. The fourth-order valence-electron chi connectivity index (χ4n) is 4.60. The molecule has 6 nitrogen and oxygen atoms in total. The molecule has 1 atom stereocenters. The Morgan fingerprint density at radius 2 is 1.68 bits per heavy atom. The second-order valence-electron chi connectivity index (χ2n) is 9.68. The molecule has 1 aromatic heterocycles. The minimum Gasteiger partial charge on any atom is -0.435 e. The molecule has 198 valence electrons. The zero-order valence-corrected chi connectivity index (χ0v) is 21.7. The molecule has 3 aromatic carbocycles. The Hall–Kier alpha value is -3.52. The number of aryl methyl sites for hydroxylation is 1. The molecule has 0 saturated heterocycles. The van der Waals surface area contributed by atoms with Gasteiger partial charge in [0.1, 0.15) is 0 Å². The van der Waals surface area contributed by atoms with Crippen LogP contribution in [0.3, 0.4) is 0 Å². The predicted molar refractivity (Wildman–Crippen MR) is 145 cm³/mol. The third kappa shape index (κ3) is 6.48. The number of aromatic nitrogens is 2. The van der Waals surface area contributed by atoms with Gasteiger partial charge in [-0.1, -0.05) is 67.6 Å². The van der Waals surface area contributed by atoms with Crippen molar-refractivity contribution >= 4 is 0 Å². The Morgan fingerprint density at radius 3 is 2.37 bits per heavy atom. The summed E-state index contributed by atoms with van der Waals surface area (Å²) in [4.78, 5) is 2.27. The Labute approximate surface area is 223 Å². The van der Waals surface area contributed by atoms with Crippen LogP contribution < -0.4 is 4.74 Å². The van der Waals surface area contributed by atoms with E-state index in [9.17, 15) is 9.50 Å². The summed E-state index contributed by atoms with van der Waals surface area (Å²) in [5, 5.41) is 15.7. The van der Waals surface area contributed by atoms with Crippen molar-refractivity contribution in [2.24, 2.45) is 0 Å². The lowest BCUT2D eigenvalue weighted by atomic mass is 10.1. The molecule has 5 rings (SSSR count). The van der Waals surface area contributed by atoms with Crippen LogP contribution in [0.5, 0.6) is 11.6 Å². The summed E-state index contributed by atoms with van der Waals surface area (Å²) < 4.78 is 28.4. The van der Waals surface area contributed by atoms with Gasteiger partial charge in [0.25, 0.3) is 0 Å². The van der Waals surface area contributed by atoms with Crippen LogP contribution in [0.4, 0.5) is 4.39 Å². The molecule has 7 heteroatoms. The Balaban J connectivity index is 1.38. The van der Waals surface area contributed by atoms with Crippen LogP contribution in [0.25, 0.3) is 5.69 Å². The molecule has 1 heterocycles. The minimum absolute atomic E-state index is 0.154. The van der Waals surface area contributed by atoms with E-state index in [1.54, 1.807) is 22.9 Å². The number of nitrogens with zero attached hydrogens (tertiary/aromatic N) is 3. The smallest absolute Gasteiger partial charge is 0.227 e. The highest BCUT2D eigenvalue weighted by Gasteiger charge is 2.33. The average molecular weight is 516 g/mol. The van der Waals surface area contributed by atoms with E-state index in [1.807, 2.05) is 60.7 Å². The molecule has 4 aromatic rings. The first-order valence-electron chi connectivity index (χ1n) is 13.2. The second-order valence-corrected chi connectivity index (χ2v) is 9.68. The zero-order valence-electron chi connectivity index (χ0n) is 21.7. The standard InChI is InChI=1S/C31H34FN3O3/c1-2-29-27(20-34(24-17-18-24)19-26(36)22-37-21-23-11-5-3-6-12-23)31(38-30-16-10-9-15-28(30)32)35(33-29)25-13-7-4-8-14-25/h3-16,24,26,36H,2,17-22H2,1H3/t26-/m1/s1. The SMILES string of the molecule is CCc1nn(-c2ccccc2)c(Oc2ccccc2F)c1CN(C[C@@H](O)COCc1ccccc1)C1CC1. The molecule has 1 aliphatic rings. The number of hydrogen-bond donors (Lipinski definition) is 1. The minimum atomic E-state index is -0.635. The normalized spacial score (nSPS) is 14.1. The summed E-state index contributed by atoms with van der Waals surface area (Å²) in [7, 11) is 0. The molecule has 0 bridgehead atoms. The van der Waals surface area contributed by atoms with Gasteiger partial charge in [-0.15, -0.1) is 0 Å². The number of para-hydroxylation sites is 2. The number of benzene rings is 3. The molecule has 1 saturated carbocycles. The third-order valence-electron chi connectivity index (χ3n) is 6.69. The van der Waals surface area contributed by atoms with E-state index in [2.05, 4.69) is 11.8 Å². The maximum absolute atomic E-state index is 14.6. The lowest BCUT2D eigenvalue weighted by Gasteiger charge is -2.25. The Kier molecular flexibility index (Phi) is 8.48. The molecule has 0 amide bonds. The van der Waals surface area contributed by atoms with Gasteiger partial charge in [-0.05, 0) is 49.1 Å². The van der Waals surface area contributed by atoms with E-state index in [4.69, 9.17) is 14.6 Å². The van der Waals surface area contributed by atoms with Gasteiger partial charge in [0.2, 0.25) is 5.88 Å². The lowest BCUT2D eigenvalue weighted by molar-refractivity contribution is 0.00692. The van der Waals surface area contributed by atoms with Gasteiger partial charge in [-0.25, -0.2) is 9.07 Å². The summed E-state index contributed by atoms with van der Waals surface area (Å²) in [5.74, 6) is 0.224. The van der Waals surface area contributed by atoms with E-state index in [0.29, 0.717) is 38.0 Å². The van der Waals surface area contributed by atoms with Crippen LogP contribution in [0.2, 0.25) is 0 Å². The second kappa shape index (κ2) is 12.3. The van der Waals surface area contributed by atoms with Crippen LogP contribution in [-0.2, 0) is 24.3 Å². The Bertz CT molecular complexity index is 1310. The maximum atomic E-state index is 14.6. The first kappa shape index (κ1) is 26.1. The first-order valence-corrected chi connectivity index (χ1v) is 13.2. The molecule has 0 radical (unpaired) electrons. The van der Waals surface area contributed by atoms with Crippen molar-refractivity contribution in [2.75, 3.05) is 13.2 Å². The molecule has 0 aliphatic heterocycles. The third-order valence-corrected chi connectivity index (χ3v) is 6.69. The largest absolute Gasteiger partial charge is 0.435 e. The fourth-order valence-corrected chi connectivity index (χ4v) is 4.60. The summed E-state index contributed by atoms with van der Waals surface area (Å²) in [6.45, 7) is 3.78. The molecular formula is C31H34FN3O3. The van der Waals surface area contributed by atoms with E-state index in [0.717, 1.165) is 35.3 Å². The zero-order chi connectivity index (χ0) is 26.3. The fraction of sp³-hybridized carbons (Fsp3) is 0.323. The van der Waals surface area contributed by atoms with Gasteiger partial charge in [0.05, 0.1) is 36.3 Å². The molecule has 1 fully saturated rings. The number of halogens is 1. The van der Waals surface area contributed by atoms with Crippen molar-refractivity contribution < 1.29 is 19.0 Å². The first-order chi connectivity index (χ1) is 18.6. The highest BCUT2D eigenvalue weighted by molar-refractivity contribution is 5.44. The summed E-state index contributed by atoms with van der Waals surface area (Å²) in [6, 6.07) is 26.5. The van der Waals surface area contributed by atoms with Gasteiger partial charge in [0, 0.05) is 19.1 Å². The van der Waals surface area contributed by atoms with E-state index in [-0.39, 0.29) is 12.4 Å². The molecule has 0 spiro atoms. The van der Waals surface area contributed by atoms with E-state index in [1.165, 1.54) is 6.07 Å². The monoisotopic (exact) mass is 515 g/mol. The highest BCUT2D eigenvalue weighted by Crippen LogP contribution is 2.36. The Morgan fingerprint density at radius 1 is 1.00 bits per heavy atom. The van der Waals surface area contributed by atoms with Crippen LogP contribution >= 0.6 is 0 Å². The summed E-state index contributed by atoms with van der Waals surface area (Å²) in [6.07, 6.45) is 2.22. The van der Waals surface area contributed by atoms with E-state index >= 15 is 0 Å². The van der Waals surface area contributed by atoms with Gasteiger partial charge in [-0.2, -0.15) is 5.10 Å². The van der Waals surface area contributed by atoms with Crippen molar-refractivity contribution in [3.05, 3.63) is 108 Å². The van der Waals surface area contributed by atoms with Crippen molar-refractivity contribution in [3.63, 3.8) is 0 Å². The maximum Gasteiger partial charge on any atom is 0.227 e. The van der Waals surface area contributed by atoms with Crippen LogP contribution in [0.1, 0.15) is 36.6 Å².